The fourth-order valence-corrected chi connectivity index (χ4v) is 3.37. The third-order valence-electron chi connectivity index (χ3n) is 5.20. The number of hydrogen-bond donors (Lipinski definition) is 3. The van der Waals surface area contributed by atoms with E-state index in [4.69, 9.17) is 19.8 Å². The van der Waals surface area contributed by atoms with Crippen molar-refractivity contribution in [1.82, 2.24) is 14.6 Å². The first-order valence-electron chi connectivity index (χ1n) is 12.5. The zero-order chi connectivity index (χ0) is 33.3. The van der Waals surface area contributed by atoms with Gasteiger partial charge in [-0.05, 0) is 41.8 Å². The number of benzene rings is 2. The van der Waals surface area contributed by atoms with E-state index in [0.717, 1.165) is 25.2 Å². The van der Waals surface area contributed by atoms with Crippen molar-refractivity contribution in [2.75, 3.05) is 17.3 Å². The Morgan fingerprint density at radius 3 is 2.05 bits per heavy atom. The summed E-state index contributed by atoms with van der Waals surface area (Å²) < 4.78 is 62.4. The van der Waals surface area contributed by atoms with Gasteiger partial charge in [-0.15, -0.1) is 5.10 Å². The smallest absolute Gasteiger partial charge is 0.483 e. The Bertz CT molecular complexity index is 1450. The molecular formula is C28H29F6N5O5. The molecule has 10 nitrogen and oxygen atoms in total. The van der Waals surface area contributed by atoms with Gasteiger partial charge in [0.2, 0.25) is 0 Å². The van der Waals surface area contributed by atoms with Gasteiger partial charge in [0.25, 0.3) is 12.4 Å². The number of aryl methyl sites for hydroxylation is 1. The summed E-state index contributed by atoms with van der Waals surface area (Å²) >= 11 is 0. The lowest BCUT2D eigenvalue weighted by atomic mass is 10.1. The summed E-state index contributed by atoms with van der Waals surface area (Å²) in [6.45, 7) is -1.02. The van der Waals surface area contributed by atoms with E-state index in [9.17, 15) is 31.1 Å². The highest BCUT2D eigenvalue weighted by atomic mass is 19.4. The predicted octanol–water partition coefficient (Wildman–Crippen LogP) is 6.08. The van der Waals surface area contributed by atoms with Gasteiger partial charge in [-0.1, -0.05) is 55.8 Å². The number of alkyl halides is 6. The Hall–Kier alpha value is -5.15. The summed E-state index contributed by atoms with van der Waals surface area (Å²) in [4.78, 5) is 36.3. The van der Waals surface area contributed by atoms with E-state index in [-0.39, 0.29) is 12.4 Å². The van der Waals surface area contributed by atoms with E-state index < -0.39 is 18.8 Å². The molecular weight excluding hydrogens is 600 g/mol. The normalized spacial score (nSPS) is 10.3. The maximum absolute atomic E-state index is 12.5. The summed E-state index contributed by atoms with van der Waals surface area (Å²) in [5.74, 6) is -1.63. The van der Waals surface area contributed by atoms with Gasteiger partial charge in [0.05, 0.1) is 6.20 Å². The highest BCUT2D eigenvalue weighted by Gasteiger charge is 2.38. The summed E-state index contributed by atoms with van der Waals surface area (Å²) in [6, 6.07) is 21.8. The molecule has 2 aromatic heterocycles. The second kappa shape index (κ2) is 18.4. The quantitative estimate of drug-likeness (QED) is 0.165. The number of carboxylic acids is 1. The molecule has 0 saturated carbocycles. The zero-order valence-corrected chi connectivity index (χ0v) is 23.4. The van der Waals surface area contributed by atoms with Gasteiger partial charge in [0, 0.05) is 19.2 Å². The van der Waals surface area contributed by atoms with Crippen LogP contribution in [0.4, 0.5) is 38.0 Å². The number of aliphatic carboxylic acids is 1. The van der Waals surface area contributed by atoms with Crippen LogP contribution in [0.25, 0.3) is 5.65 Å². The maximum atomic E-state index is 12.5. The lowest BCUT2D eigenvalue weighted by Crippen LogP contribution is -2.21. The van der Waals surface area contributed by atoms with Gasteiger partial charge in [-0.2, -0.15) is 26.3 Å². The standard InChI is InChI=1S/C24H25N5O.C2HF3O2.CHF3.CH2O2/c1-3-7-18-10-12-20(13-11-18)24(30)26-21-17-29-22(25-21)14-15-23(27-29)28(2)16-19-8-5-4-6-9-19;3-2(4,5)1(6)7;2-1(3)4;2-1-3/h4-6,8-15,17H,3,7,16H2,1-2H3,(H,26,30);(H,6,7);1H;1H,(H,2,3). The Morgan fingerprint density at radius 1 is 1.00 bits per heavy atom. The Labute approximate surface area is 247 Å². The van der Waals surface area contributed by atoms with E-state index >= 15 is 0 Å². The zero-order valence-electron chi connectivity index (χ0n) is 23.4. The highest BCUT2D eigenvalue weighted by Crippen LogP contribution is 2.17. The molecule has 0 bridgehead atoms. The minimum absolute atomic E-state index is 0.178. The number of imidazole rings is 1. The van der Waals surface area contributed by atoms with E-state index in [1.807, 2.05) is 61.6 Å². The Kier molecular flexibility index (Phi) is 15.4. The molecule has 0 spiro atoms. The van der Waals surface area contributed by atoms with Crippen LogP contribution in [-0.2, 0) is 22.6 Å². The number of rotatable bonds is 7. The SMILES string of the molecule is CCCc1ccc(C(=O)Nc2cn3nc(N(C)Cc4ccccc4)ccc3n2)cc1.FC(F)F.O=C(O)C(F)(F)F.O=CO. The van der Waals surface area contributed by atoms with Gasteiger partial charge in [-0.3, -0.25) is 9.59 Å². The number of nitrogens with one attached hydrogen (secondary N) is 1. The first-order chi connectivity index (χ1) is 20.7. The molecule has 0 aliphatic carbocycles. The van der Waals surface area contributed by atoms with E-state index in [1.165, 1.54) is 11.1 Å². The number of fused-ring (bicyclic) bond motifs is 1. The van der Waals surface area contributed by atoms with Gasteiger partial charge < -0.3 is 20.4 Å². The summed E-state index contributed by atoms with van der Waals surface area (Å²) in [5, 5.41) is 21.5. The van der Waals surface area contributed by atoms with Crippen LogP contribution in [0.15, 0.2) is 72.9 Å². The average Bonchev–Trinajstić information content (AvgIpc) is 3.35. The molecule has 0 aliphatic heterocycles. The van der Waals surface area contributed by atoms with Crippen LogP contribution in [0, 0.1) is 0 Å². The molecule has 2 aromatic carbocycles. The summed E-state index contributed by atoms with van der Waals surface area (Å²) in [5.41, 5.74) is 3.74. The minimum Gasteiger partial charge on any atom is -0.483 e. The fraction of sp³-hybridized carbons (Fsp3) is 0.250. The number of carboxylic acid groups (broad SMARTS) is 2. The monoisotopic (exact) mass is 629 g/mol. The van der Waals surface area contributed by atoms with Crippen molar-refractivity contribution < 1.29 is 50.9 Å². The molecule has 0 saturated heterocycles. The van der Waals surface area contributed by atoms with Crippen molar-refractivity contribution in [3.63, 3.8) is 0 Å². The summed E-state index contributed by atoms with van der Waals surface area (Å²) in [7, 11) is 2.00. The molecule has 1 amide bonds. The van der Waals surface area contributed by atoms with E-state index in [1.54, 1.807) is 10.7 Å². The van der Waals surface area contributed by atoms with Crippen molar-refractivity contribution >= 4 is 35.6 Å². The lowest BCUT2D eigenvalue weighted by molar-refractivity contribution is -0.192. The first-order valence-corrected chi connectivity index (χ1v) is 12.5. The van der Waals surface area contributed by atoms with Crippen molar-refractivity contribution in [3.05, 3.63) is 89.6 Å². The van der Waals surface area contributed by atoms with Crippen LogP contribution in [0.1, 0.15) is 34.8 Å². The van der Waals surface area contributed by atoms with Crippen molar-refractivity contribution in [2.45, 2.75) is 39.2 Å². The Morgan fingerprint density at radius 2 is 1.55 bits per heavy atom. The van der Waals surface area contributed by atoms with Crippen LogP contribution in [0.2, 0.25) is 0 Å². The average molecular weight is 630 g/mol. The van der Waals surface area contributed by atoms with Crippen LogP contribution < -0.4 is 10.2 Å². The number of anilines is 2. The molecule has 3 N–H and O–H groups in total. The van der Waals surface area contributed by atoms with Gasteiger partial charge in [0.15, 0.2) is 11.5 Å². The molecule has 0 atom stereocenters. The molecule has 0 fully saturated rings. The predicted molar refractivity (Wildman–Crippen MR) is 149 cm³/mol. The van der Waals surface area contributed by atoms with Crippen LogP contribution in [0.5, 0.6) is 0 Å². The first kappa shape index (κ1) is 36.9. The van der Waals surface area contributed by atoms with Crippen LogP contribution >= 0.6 is 0 Å². The Balaban J connectivity index is 0.000000581. The number of nitrogens with zero attached hydrogens (tertiary/aromatic N) is 4. The van der Waals surface area contributed by atoms with Gasteiger partial charge >= 0.3 is 18.8 Å². The molecule has 238 valence electrons. The molecule has 0 radical (unpaired) electrons. The van der Waals surface area contributed by atoms with Crippen LogP contribution in [0.3, 0.4) is 0 Å². The number of halogens is 6. The molecule has 16 heteroatoms. The van der Waals surface area contributed by atoms with Gasteiger partial charge in [-0.25, -0.2) is 14.3 Å². The molecule has 2 heterocycles. The number of hydrogen-bond acceptors (Lipinski definition) is 6. The molecule has 0 unspecified atom stereocenters. The fourth-order valence-electron chi connectivity index (χ4n) is 3.37. The molecule has 0 aliphatic rings. The molecule has 4 aromatic rings. The van der Waals surface area contributed by atoms with Gasteiger partial charge in [0.1, 0.15) is 5.82 Å². The van der Waals surface area contributed by atoms with Crippen LogP contribution in [-0.4, -0.2) is 63.1 Å². The number of aromatic nitrogens is 3. The molecule has 44 heavy (non-hydrogen) atoms. The third-order valence-corrected chi connectivity index (χ3v) is 5.20. The minimum atomic E-state index is -5.08. The van der Waals surface area contributed by atoms with E-state index in [2.05, 4.69) is 39.4 Å². The lowest BCUT2D eigenvalue weighted by Gasteiger charge is -2.17. The van der Waals surface area contributed by atoms with Crippen molar-refractivity contribution in [2.24, 2.45) is 0 Å². The second-order valence-corrected chi connectivity index (χ2v) is 8.52. The number of carbonyl (C=O) groups excluding carboxylic acids is 1. The highest BCUT2D eigenvalue weighted by molar-refractivity contribution is 6.03. The third kappa shape index (κ3) is 13.7. The second-order valence-electron chi connectivity index (χ2n) is 8.52. The van der Waals surface area contributed by atoms with E-state index in [0.29, 0.717) is 17.0 Å². The largest absolute Gasteiger partial charge is 0.490 e. The number of amides is 1. The van der Waals surface area contributed by atoms with Crippen molar-refractivity contribution in [3.8, 4) is 0 Å². The topological polar surface area (TPSA) is 137 Å². The maximum Gasteiger partial charge on any atom is 0.490 e. The summed E-state index contributed by atoms with van der Waals surface area (Å²) in [6.07, 6.45) is -1.25. The van der Waals surface area contributed by atoms with Crippen molar-refractivity contribution in [1.29, 1.82) is 0 Å². The number of carbonyl (C=O) groups is 3. The molecule has 4 rings (SSSR count).